The number of hydrogen-bond donors (Lipinski definition) is 1. The Kier molecular flexibility index (Phi) is 2.57. The van der Waals surface area contributed by atoms with Crippen LogP contribution in [0.25, 0.3) is 5.57 Å². The first-order valence-electron chi connectivity index (χ1n) is 4.65. The molecule has 0 saturated carbocycles. The van der Waals surface area contributed by atoms with E-state index in [1.807, 2.05) is 6.07 Å². The van der Waals surface area contributed by atoms with Crippen LogP contribution in [0.2, 0.25) is 0 Å². The molecular weight excluding hydrogens is 174 g/mol. The summed E-state index contributed by atoms with van der Waals surface area (Å²) in [5.74, 6) is 0. The first kappa shape index (κ1) is 8.92. The molecule has 1 aromatic rings. The summed E-state index contributed by atoms with van der Waals surface area (Å²) in [5.41, 5.74) is 2.91. The van der Waals surface area contributed by atoms with Crippen molar-refractivity contribution in [1.82, 2.24) is 10.3 Å². The molecule has 1 aromatic heterocycles. The standard InChI is InChI=1S/C11H11N3/c12-5-9-4-11(8-14-6-9)10-2-1-3-13-7-10/h2,4,6,8,13H,1,3,7H2. The summed E-state index contributed by atoms with van der Waals surface area (Å²) >= 11 is 0. The fourth-order valence-electron chi connectivity index (χ4n) is 1.54. The van der Waals surface area contributed by atoms with Crippen LogP contribution in [0.3, 0.4) is 0 Å². The van der Waals surface area contributed by atoms with Crippen LogP contribution in [0.4, 0.5) is 0 Å². The first-order valence-corrected chi connectivity index (χ1v) is 4.65. The van der Waals surface area contributed by atoms with E-state index in [9.17, 15) is 0 Å². The lowest BCUT2D eigenvalue weighted by atomic mass is 10.0. The van der Waals surface area contributed by atoms with Gasteiger partial charge in [-0.05, 0) is 30.2 Å². The highest BCUT2D eigenvalue weighted by molar-refractivity contribution is 5.67. The Balaban J connectivity index is 2.32. The first-order chi connectivity index (χ1) is 6.90. The van der Waals surface area contributed by atoms with Crippen molar-refractivity contribution in [3.05, 3.63) is 35.7 Å². The minimum Gasteiger partial charge on any atom is -0.312 e. The van der Waals surface area contributed by atoms with E-state index < -0.39 is 0 Å². The van der Waals surface area contributed by atoms with Gasteiger partial charge in [-0.15, -0.1) is 0 Å². The molecule has 70 valence electrons. The zero-order valence-electron chi connectivity index (χ0n) is 7.83. The molecule has 0 aliphatic carbocycles. The van der Waals surface area contributed by atoms with E-state index in [0.29, 0.717) is 5.56 Å². The van der Waals surface area contributed by atoms with Gasteiger partial charge < -0.3 is 5.32 Å². The van der Waals surface area contributed by atoms with Gasteiger partial charge in [0.15, 0.2) is 0 Å². The highest BCUT2D eigenvalue weighted by Crippen LogP contribution is 2.16. The Hall–Kier alpha value is -1.66. The Labute approximate surface area is 83.1 Å². The molecule has 1 aliphatic heterocycles. The second-order valence-corrected chi connectivity index (χ2v) is 3.27. The van der Waals surface area contributed by atoms with Crippen LogP contribution in [0, 0.1) is 11.3 Å². The lowest BCUT2D eigenvalue weighted by Crippen LogP contribution is -2.21. The summed E-state index contributed by atoms with van der Waals surface area (Å²) in [6, 6.07) is 3.98. The van der Waals surface area contributed by atoms with Crippen molar-refractivity contribution in [2.45, 2.75) is 6.42 Å². The molecule has 0 atom stereocenters. The lowest BCUT2D eigenvalue weighted by Gasteiger charge is -2.13. The molecule has 2 rings (SSSR count). The SMILES string of the molecule is N#Cc1cncc(C2=CCCNC2)c1. The van der Waals surface area contributed by atoms with Gasteiger partial charge in [0.1, 0.15) is 6.07 Å². The number of nitrogens with one attached hydrogen (secondary N) is 1. The van der Waals surface area contributed by atoms with Gasteiger partial charge in [0.05, 0.1) is 5.56 Å². The normalized spacial score (nSPS) is 15.8. The number of rotatable bonds is 1. The third-order valence-electron chi connectivity index (χ3n) is 2.27. The molecule has 0 spiro atoms. The molecule has 0 amide bonds. The quantitative estimate of drug-likeness (QED) is 0.718. The van der Waals surface area contributed by atoms with Crippen molar-refractivity contribution >= 4 is 5.57 Å². The topological polar surface area (TPSA) is 48.7 Å². The predicted molar refractivity (Wildman–Crippen MR) is 54.4 cm³/mol. The van der Waals surface area contributed by atoms with E-state index in [1.54, 1.807) is 12.4 Å². The van der Waals surface area contributed by atoms with E-state index in [1.165, 1.54) is 5.57 Å². The maximum atomic E-state index is 8.74. The molecule has 14 heavy (non-hydrogen) atoms. The molecule has 1 N–H and O–H groups in total. The van der Waals surface area contributed by atoms with Crippen LogP contribution >= 0.6 is 0 Å². The molecule has 0 aromatic carbocycles. The molecule has 0 unspecified atom stereocenters. The number of nitriles is 1. The van der Waals surface area contributed by atoms with Crippen molar-refractivity contribution in [2.75, 3.05) is 13.1 Å². The van der Waals surface area contributed by atoms with Gasteiger partial charge >= 0.3 is 0 Å². The summed E-state index contributed by atoms with van der Waals surface area (Å²) in [6.45, 7) is 1.91. The minimum absolute atomic E-state index is 0.619. The van der Waals surface area contributed by atoms with Crippen molar-refractivity contribution in [3.8, 4) is 6.07 Å². The van der Waals surface area contributed by atoms with Crippen molar-refractivity contribution < 1.29 is 0 Å². The molecular formula is C11H11N3. The maximum Gasteiger partial charge on any atom is 0.101 e. The third-order valence-corrected chi connectivity index (χ3v) is 2.27. The predicted octanol–water partition coefficient (Wildman–Crippen LogP) is 1.33. The van der Waals surface area contributed by atoms with Gasteiger partial charge in [0, 0.05) is 18.9 Å². The highest BCUT2D eigenvalue weighted by Gasteiger charge is 2.06. The molecule has 0 fully saturated rings. The van der Waals surface area contributed by atoms with Crippen LogP contribution < -0.4 is 5.32 Å². The average molecular weight is 185 g/mol. The number of pyridine rings is 1. The zero-order valence-corrected chi connectivity index (χ0v) is 7.83. The van der Waals surface area contributed by atoms with Gasteiger partial charge in [-0.2, -0.15) is 5.26 Å². The van der Waals surface area contributed by atoms with E-state index in [4.69, 9.17) is 5.26 Å². The number of aromatic nitrogens is 1. The van der Waals surface area contributed by atoms with Crippen LogP contribution in [0.5, 0.6) is 0 Å². The molecule has 0 bridgehead atoms. The van der Waals surface area contributed by atoms with E-state index in [-0.39, 0.29) is 0 Å². The number of hydrogen-bond acceptors (Lipinski definition) is 3. The van der Waals surface area contributed by atoms with E-state index in [0.717, 1.165) is 25.1 Å². The van der Waals surface area contributed by atoms with Crippen molar-refractivity contribution in [3.63, 3.8) is 0 Å². The fourth-order valence-corrected chi connectivity index (χ4v) is 1.54. The maximum absolute atomic E-state index is 8.74. The number of nitrogens with zero attached hydrogens (tertiary/aromatic N) is 2. The molecule has 3 nitrogen and oxygen atoms in total. The summed E-state index contributed by atoms with van der Waals surface area (Å²) in [4.78, 5) is 4.04. The van der Waals surface area contributed by atoms with Crippen LogP contribution in [-0.4, -0.2) is 18.1 Å². The molecule has 1 aliphatic rings. The largest absolute Gasteiger partial charge is 0.312 e. The van der Waals surface area contributed by atoms with Crippen molar-refractivity contribution in [1.29, 1.82) is 5.26 Å². The smallest absolute Gasteiger partial charge is 0.101 e. The van der Waals surface area contributed by atoms with Gasteiger partial charge in [-0.25, -0.2) is 0 Å². The summed E-state index contributed by atoms with van der Waals surface area (Å²) in [5, 5.41) is 12.0. The molecule has 3 heteroatoms. The second-order valence-electron chi connectivity index (χ2n) is 3.27. The summed E-state index contributed by atoms with van der Waals surface area (Å²) in [7, 11) is 0. The van der Waals surface area contributed by atoms with Gasteiger partial charge in [-0.1, -0.05) is 6.08 Å². The Morgan fingerprint density at radius 3 is 3.07 bits per heavy atom. The Morgan fingerprint density at radius 2 is 2.36 bits per heavy atom. The van der Waals surface area contributed by atoms with E-state index in [2.05, 4.69) is 22.4 Å². The highest BCUT2D eigenvalue weighted by atomic mass is 14.9. The van der Waals surface area contributed by atoms with Crippen molar-refractivity contribution in [2.24, 2.45) is 0 Å². The van der Waals surface area contributed by atoms with Crippen LogP contribution in [0.15, 0.2) is 24.5 Å². The minimum atomic E-state index is 0.619. The lowest BCUT2D eigenvalue weighted by molar-refractivity contribution is 0.739. The van der Waals surface area contributed by atoms with Gasteiger partial charge in [0.2, 0.25) is 0 Å². The van der Waals surface area contributed by atoms with Gasteiger partial charge in [0.25, 0.3) is 0 Å². The third kappa shape index (κ3) is 1.81. The molecule has 2 heterocycles. The monoisotopic (exact) mass is 185 g/mol. The van der Waals surface area contributed by atoms with Crippen LogP contribution in [-0.2, 0) is 0 Å². The zero-order chi connectivity index (χ0) is 9.80. The summed E-state index contributed by atoms with van der Waals surface area (Å²) < 4.78 is 0. The van der Waals surface area contributed by atoms with Crippen LogP contribution in [0.1, 0.15) is 17.5 Å². The fraction of sp³-hybridized carbons (Fsp3) is 0.273. The van der Waals surface area contributed by atoms with Gasteiger partial charge in [-0.3, -0.25) is 4.98 Å². The average Bonchev–Trinajstić information content (AvgIpc) is 2.30. The van der Waals surface area contributed by atoms with E-state index >= 15 is 0 Å². The Morgan fingerprint density at radius 1 is 1.43 bits per heavy atom. The molecule has 0 saturated heterocycles. The second kappa shape index (κ2) is 4.03. The summed E-state index contributed by atoms with van der Waals surface area (Å²) in [6.07, 6.45) is 6.64. The molecule has 0 radical (unpaired) electrons. The Bertz CT molecular complexity index is 401.